The van der Waals surface area contributed by atoms with Gasteiger partial charge in [0, 0.05) is 0 Å². The summed E-state index contributed by atoms with van der Waals surface area (Å²) < 4.78 is 10.8. The SMILES string of the molecule is Clc1ccccc1OCOCc1ccccc1. The molecular formula is C14H13ClO2. The van der Waals surface area contributed by atoms with Crippen molar-refractivity contribution in [2.45, 2.75) is 6.61 Å². The lowest BCUT2D eigenvalue weighted by molar-refractivity contribution is 0.00510. The lowest BCUT2D eigenvalue weighted by atomic mass is 10.2. The van der Waals surface area contributed by atoms with Crippen molar-refractivity contribution in [2.75, 3.05) is 6.79 Å². The van der Waals surface area contributed by atoms with E-state index >= 15 is 0 Å². The smallest absolute Gasteiger partial charge is 0.189 e. The third kappa shape index (κ3) is 3.77. The largest absolute Gasteiger partial charge is 0.466 e. The summed E-state index contributed by atoms with van der Waals surface area (Å²) in [5.41, 5.74) is 1.12. The van der Waals surface area contributed by atoms with Gasteiger partial charge in [0.25, 0.3) is 0 Å². The number of para-hydroxylation sites is 1. The minimum Gasteiger partial charge on any atom is -0.466 e. The Labute approximate surface area is 106 Å². The Morgan fingerprint density at radius 2 is 1.59 bits per heavy atom. The lowest BCUT2D eigenvalue weighted by Gasteiger charge is -2.08. The molecule has 2 rings (SSSR count). The molecule has 0 aromatic heterocycles. The Balaban J connectivity index is 1.76. The van der Waals surface area contributed by atoms with Gasteiger partial charge in [-0.2, -0.15) is 0 Å². The fourth-order valence-electron chi connectivity index (χ4n) is 1.40. The number of hydrogen-bond donors (Lipinski definition) is 0. The first-order chi connectivity index (χ1) is 8.36. The highest BCUT2D eigenvalue weighted by Gasteiger charge is 1.99. The number of hydrogen-bond acceptors (Lipinski definition) is 2. The van der Waals surface area contributed by atoms with Gasteiger partial charge < -0.3 is 9.47 Å². The minimum atomic E-state index is 0.193. The number of ether oxygens (including phenoxy) is 2. The highest BCUT2D eigenvalue weighted by Crippen LogP contribution is 2.22. The van der Waals surface area contributed by atoms with Crippen LogP contribution < -0.4 is 4.74 Å². The molecule has 2 aromatic carbocycles. The standard InChI is InChI=1S/C14H13ClO2/c15-13-8-4-5-9-14(13)17-11-16-10-12-6-2-1-3-7-12/h1-9H,10-11H2. The van der Waals surface area contributed by atoms with E-state index in [-0.39, 0.29) is 6.79 Å². The van der Waals surface area contributed by atoms with E-state index in [1.54, 1.807) is 6.07 Å². The van der Waals surface area contributed by atoms with Crippen LogP contribution in [0.15, 0.2) is 54.6 Å². The maximum Gasteiger partial charge on any atom is 0.189 e. The molecular weight excluding hydrogens is 236 g/mol. The molecule has 0 fully saturated rings. The molecule has 0 heterocycles. The zero-order valence-corrected chi connectivity index (χ0v) is 10.1. The molecule has 0 unspecified atom stereocenters. The first-order valence-corrected chi connectivity index (χ1v) is 5.73. The highest BCUT2D eigenvalue weighted by molar-refractivity contribution is 6.32. The van der Waals surface area contributed by atoms with Crippen LogP contribution in [0.4, 0.5) is 0 Å². The fourth-order valence-corrected chi connectivity index (χ4v) is 1.59. The van der Waals surface area contributed by atoms with Crippen LogP contribution in [-0.4, -0.2) is 6.79 Å². The topological polar surface area (TPSA) is 18.5 Å². The van der Waals surface area contributed by atoms with Crippen LogP contribution in [0.1, 0.15) is 5.56 Å². The normalized spacial score (nSPS) is 10.2. The molecule has 2 aromatic rings. The maximum absolute atomic E-state index is 5.94. The first-order valence-electron chi connectivity index (χ1n) is 5.35. The fraction of sp³-hybridized carbons (Fsp3) is 0.143. The molecule has 0 radical (unpaired) electrons. The van der Waals surface area contributed by atoms with Crippen molar-refractivity contribution >= 4 is 11.6 Å². The van der Waals surface area contributed by atoms with E-state index in [1.165, 1.54) is 0 Å². The number of rotatable bonds is 5. The van der Waals surface area contributed by atoms with E-state index in [2.05, 4.69) is 0 Å². The Bertz CT molecular complexity index is 457. The van der Waals surface area contributed by atoms with Crippen molar-refractivity contribution in [3.63, 3.8) is 0 Å². The quantitative estimate of drug-likeness (QED) is 0.590. The molecule has 0 amide bonds. The van der Waals surface area contributed by atoms with E-state index in [4.69, 9.17) is 21.1 Å². The van der Waals surface area contributed by atoms with Crippen molar-refractivity contribution in [2.24, 2.45) is 0 Å². The van der Waals surface area contributed by atoms with E-state index in [1.807, 2.05) is 48.5 Å². The van der Waals surface area contributed by atoms with Crippen molar-refractivity contribution < 1.29 is 9.47 Å². The monoisotopic (exact) mass is 248 g/mol. The van der Waals surface area contributed by atoms with E-state index in [0.29, 0.717) is 17.4 Å². The molecule has 3 heteroatoms. The molecule has 0 atom stereocenters. The molecule has 0 spiro atoms. The van der Waals surface area contributed by atoms with Crippen molar-refractivity contribution in [1.29, 1.82) is 0 Å². The highest BCUT2D eigenvalue weighted by atomic mass is 35.5. The summed E-state index contributed by atoms with van der Waals surface area (Å²) in [6.07, 6.45) is 0. The van der Waals surface area contributed by atoms with Crippen molar-refractivity contribution in [3.8, 4) is 5.75 Å². The summed E-state index contributed by atoms with van der Waals surface area (Å²) in [6, 6.07) is 17.3. The summed E-state index contributed by atoms with van der Waals surface area (Å²) in [5.74, 6) is 0.641. The predicted molar refractivity (Wildman–Crippen MR) is 68.2 cm³/mol. The van der Waals surface area contributed by atoms with Crippen LogP contribution in [0.5, 0.6) is 5.75 Å². The molecule has 0 aliphatic heterocycles. The van der Waals surface area contributed by atoms with Gasteiger partial charge in [-0.15, -0.1) is 0 Å². The van der Waals surface area contributed by atoms with Gasteiger partial charge in [-0.25, -0.2) is 0 Å². The number of benzene rings is 2. The maximum atomic E-state index is 5.94. The second-order valence-corrected chi connectivity index (χ2v) is 3.93. The van der Waals surface area contributed by atoms with E-state index < -0.39 is 0 Å². The molecule has 2 nitrogen and oxygen atoms in total. The van der Waals surface area contributed by atoms with Gasteiger partial charge in [-0.1, -0.05) is 54.1 Å². The van der Waals surface area contributed by atoms with Crippen LogP contribution in [0.2, 0.25) is 5.02 Å². The molecule has 0 saturated heterocycles. The second-order valence-electron chi connectivity index (χ2n) is 3.53. The summed E-state index contributed by atoms with van der Waals surface area (Å²) in [6.45, 7) is 0.726. The summed E-state index contributed by atoms with van der Waals surface area (Å²) >= 11 is 5.94. The number of halogens is 1. The average molecular weight is 249 g/mol. The van der Waals surface area contributed by atoms with E-state index in [0.717, 1.165) is 5.56 Å². The van der Waals surface area contributed by atoms with Crippen LogP contribution >= 0.6 is 11.6 Å². The molecule has 0 aliphatic carbocycles. The van der Waals surface area contributed by atoms with Gasteiger partial charge in [0.2, 0.25) is 0 Å². The predicted octanol–water partition coefficient (Wildman–Crippen LogP) is 3.89. The van der Waals surface area contributed by atoms with Crippen LogP contribution in [-0.2, 0) is 11.3 Å². The molecule has 0 bridgehead atoms. The Hall–Kier alpha value is -1.51. The van der Waals surface area contributed by atoms with Gasteiger partial charge in [-0.3, -0.25) is 0 Å². The third-order valence-corrected chi connectivity index (χ3v) is 2.56. The Morgan fingerprint density at radius 1 is 0.882 bits per heavy atom. The van der Waals surface area contributed by atoms with Gasteiger partial charge in [0.15, 0.2) is 6.79 Å². The van der Waals surface area contributed by atoms with Gasteiger partial charge in [0.05, 0.1) is 11.6 Å². The van der Waals surface area contributed by atoms with Gasteiger partial charge in [-0.05, 0) is 17.7 Å². The molecule has 0 N–H and O–H groups in total. The first kappa shape index (κ1) is 12.0. The van der Waals surface area contributed by atoms with Gasteiger partial charge in [0.1, 0.15) is 5.75 Å². The zero-order chi connectivity index (χ0) is 11.9. The summed E-state index contributed by atoms with van der Waals surface area (Å²) in [5, 5.41) is 0.593. The average Bonchev–Trinajstić information content (AvgIpc) is 2.38. The van der Waals surface area contributed by atoms with E-state index in [9.17, 15) is 0 Å². The summed E-state index contributed by atoms with van der Waals surface area (Å²) in [4.78, 5) is 0. The third-order valence-electron chi connectivity index (χ3n) is 2.25. The molecule has 0 saturated carbocycles. The molecule has 0 aliphatic rings. The molecule has 17 heavy (non-hydrogen) atoms. The van der Waals surface area contributed by atoms with Gasteiger partial charge >= 0.3 is 0 Å². The minimum absolute atomic E-state index is 0.193. The Kier molecular flexibility index (Phi) is 4.42. The lowest BCUT2D eigenvalue weighted by Crippen LogP contribution is -2.03. The van der Waals surface area contributed by atoms with Crippen LogP contribution in [0, 0.1) is 0 Å². The van der Waals surface area contributed by atoms with Crippen molar-refractivity contribution in [3.05, 3.63) is 65.2 Å². The second kappa shape index (κ2) is 6.28. The Morgan fingerprint density at radius 3 is 2.35 bits per heavy atom. The summed E-state index contributed by atoms with van der Waals surface area (Å²) in [7, 11) is 0. The molecule has 88 valence electrons. The van der Waals surface area contributed by atoms with Crippen LogP contribution in [0.25, 0.3) is 0 Å². The van der Waals surface area contributed by atoms with Crippen LogP contribution in [0.3, 0.4) is 0 Å². The van der Waals surface area contributed by atoms with Crippen molar-refractivity contribution in [1.82, 2.24) is 0 Å². The zero-order valence-electron chi connectivity index (χ0n) is 9.30.